The lowest BCUT2D eigenvalue weighted by molar-refractivity contribution is 0.0730. The molecule has 0 aliphatic heterocycles. The van der Waals surface area contributed by atoms with Crippen LogP contribution in [0.15, 0.2) is 77.3 Å². The maximum absolute atomic E-state index is 13.7. The number of carbonyl (C=O) groups excluding carboxylic acids is 1. The summed E-state index contributed by atoms with van der Waals surface area (Å²) in [5, 5.41) is 4.95. The second-order valence-corrected chi connectivity index (χ2v) is 5.82. The first-order valence-corrected chi connectivity index (χ1v) is 8.09. The van der Waals surface area contributed by atoms with E-state index in [0.717, 1.165) is 16.6 Å². The minimum atomic E-state index is -0.758. The Morgan fingerprint density at radius 3 is 2.58 bits per heavy atom. The molecule has 0 saturated carbocycles. The first-order valence-electron chi connectivity index (χ1n) is 8.09. The predicted octanol–water partition coefficient (Wildman–Crippen LogP) is 4.78. The van der Waals surface area contributed by atoms with Crippen LogP contribution in [0.1, 0.15) is 21.6 Å². The van der Waals surface area contributed by atoms with Crippen LogP contribution in [-0.2, 0) is 6.42 Å². The van der Waals surface area contributed by atoms with Gasteiger partial charge in [-0.3, -0.25) is 0 Å². The molecule has 26 heavy (non-hydrogen) atoms. The molecule has 1 aromatic heterocycles. The van der Waals surface area contributed by atoms with Crippen molar-refractivity contribution >= 4 is 16.9 Å². The van der Waals surface area contributed by atoms with Gasteiger partial charge in [-0.2, -0.15) is 0 Å². The first kappa shape index (κ1) is 16.0. The van der Waals surface area contributed by atoms with Gasteiger partial charge in [0.15, 0.2) is 5.58 Å². The van der Waals surface area contributed by atoms with E-state index in [1.807, 2.05) is 30.3 Å². The number of rotatable bonds is 4. The van der Waals surface area contributed by atoms with Crippen molar-refractivity contribution in [2.45, 2.75) is 6.42 Å². The largest absolute Gasteiger partial charge is 0.423 e. The van der Waals surface area contributed by atoms with Gasteiger partial charge in [-0.05, 0) is 29.8 Å². The van der Waals surface area contributed by atoms with E-state index in [-0.39, 0.29) is 11.3 Å². The average molecular weight is 347 g/mol. The number of ether oxygens (including phenoxy) is 1. The summed E-state index contributed by atoms with van der Waals surface area (Å²) in [6.07, 6.45) is 0.641. The minimum absolute atomic E-state index is 0.116. The summed E-state index contributed by atoms with van der Waals surface area (Å²) < 4.78 is 24.3. The van der Waals surface area contributed by atoms with Crippen LogP contribution in [0.25, 0.3) is 11.0 Å². The van der Waals surface area contributed by atoms with E-state index in [0.29, 0.717) is 12.0 Å². The van der Waals surface area contributed by atoms with E-state index >= 15 is 0 Å². The minimum Gasteiger partial charge on any atom is -0.423 e. The van der Waals surface area contributed by atoms with Crippen LogP contribution in [-0.4, -0.2) is 11.1 Å². The Morgan fingerprint density at radius 1 is 1.00 bits per heavy atom. The van der Waals surface area contributed by atoms with Gasteiger partial charge in [0.1, 0.15) is 11.6 Å². The fraction of sp³-hybridized carbons (Fsp3) is 0.0476. The van der Waals surface area contributed by atoms with Crippen molar-refractivity contribution in [2.75, 3.05) is 0 Å². The van der Waals surface area contributed by atoms with Gasteiger partial charge in [0.05, 0.1) is 11.3 Å². The molecule has 0 amide bonds. The average Bonchev–Trinajstić information content (AvgIpc) is 3.05. The third-order valence-electron chi connectivity index (χ3n) is 4.04. The van der Waals surface area contributed by atoms with E-state index in [4.69, 9.17) is 9.26 Å². The van der Waals surface area contributed by atoms with Crippen LogP contribution in [0.2, 0.25) is 0 Å². The summed E-state index contributed by atoms with van der Waals surface area (Å²) in [6, 6.07) is 20.6. The number of fused-ring (bicyclic) bond motifs is 1. The zero-order chi connectivity index (χ0) is 17.9. The number of aromatic nitrogens is 1. The molecule has 0 fully saturated rings. The second-order valence-electron chi connectivity index (χ2n) is 5.82. The molecule has 0 radical (unpaired) electrons. The Hall–Kier alpha value is -3.47. The van der Waals surface area contributed by atoms with Gasteiger partial charge in [0.2, 0.25) is 0 Å². The van der Waals surface area contributed by atoms with Crippen molar-refractivity contribution in [3.63, 3.8) is 0 Å². The zero-order valence-electron chi connectivity index (χ0n) is 13.7. The summed E-state index contributed by atoms with van der Waals surface area (Å²) in [7, 11) is 0. The first-order chi connectivity index (χ1) is 12.7. The molecule has 0 aliphatic carbocycles. The maximum Gasteiger partial charge on any atom is 0.346 e. The molecule has 128 valence electrons. The van der Waals surface area contributed by atoms with Crippen LogP contribution in [0.3, 0.4) is 0 Å². The van der Waals surface area contributed by atoms with Crippen LogP contribution in [0, 0.1) is 5.82 Å². The van der Waals surface area contributed by atoms with Crippen molar-refractivity contribution in [3.05, 3.63) is 95.4 Å². The molecule has 5 heteroatoms. The SMILES string of the molecule is O=C(Oc1ccc2c(Cc3ccccc3)noc2c1)c1ccccc1F. The number of nitrogens with zero attached hydrogens (tertiary/aromatic N) is 1. The van der Waals surface area contributed by atoms with Gasteiger partial charge in [-0.1, -0.05) is 47.6 Å². The third-order valence-corrected chi connectivity index (χ3v) is 4.04. The molecule has 0 N–H and O–H groups in total. The normalized spacial score (nSPS) is 10.8. The summed E-state index contributed by atoms with van der Waals surface area (Å²) in [4.78, 5) is 12.1. The molecule has 0 spiro atoms. The lowest BCUT2D eigenvalue weighted by Gasteiger charge is -2.05. The van der Waals surface area contributed by atoms with Gasteiger partial charge in [-0.15, -0.1) is 0 Å². The van der Waals surface area contributed by atoms with E-state index in [1.165, 1.54) is 18.2 Å². The fourth-order valence-corrected chi connectivity index (χ4v) is 2.74. The molecule has 0 atom stereocenters. The highest BCUT2D eigenvalue weighted by atomic mass is 19.1. The molecule has 0 bridgehead atoms. The fourth-order valence-electron chi connectivity index (χ4n) is 2.74. The Morgan fingerprint density at radius 2 is 1.77 bits per heavy atom. The van der Waals surface area contributed by atoms with Crippen LogP contribution in [0.5, 0.6) is 5.75 Å². The zero-order valence-corrected chi connectivity index (χ0v) is 13.7. The number of benzene rings is 3. The van der Waals surface area contributed by atoms with Crippen LogP contribution >= 0.6 is 0 Å². The van der Waals surface area contributed by atoms with Gasteiger partial charge >= 0.3 is 5.97 Å². The van der Waals surface area contributed by atoms with Crippen LogP contribution < -0.4 is 4.74 Å². The van der Waals surface area contributed by atoms with E-state index in [1.54, 1.807) is 24.3 Å². The van der Waals surface area contributed by atoms with E-state index in [9.17, 15) is 9.18 Å². The quantitative estimate of drug-likeness (QED) is 0.394. The van der Waals surface area contributed by atoms with E-state index < -0.39 is 11.8 Å². The molecule has 4 nitrogen and oxygen atoms in total. The lowest BCUT2D eigenvalue weighted by Crippen LogP contribution is -2.10. The highest BCUT2D eigenvalue weighted by Crippen LogP contribution is 2.26. The number of hydrogen-bond donors (Lipinski definition) is 0. The number of carbonyl (C=O) groups is 1. The van der Waals surface area contributed by atoms with Crippen molar-refractivity contribution in [2.24, 2.45) is 0 Å². The number of halogens is 1. The van der Waals surface area contributed by atoms with Gasteiger partial charge < -0.3 is 9.26 Å². The summed E-state index contributed by atoms with van der Waals surface area (Å²) in [5.41, 5.74) is 2.32. The van der Waals surface area contributed by atoms with Crippen molar-refractivity contribution in [1.29, 1.82) is 0 Å². The molecule has 0 saturated heterocycles. The molecule has 3 aromatic carbocycles. The van der Waals surface area contributed by atoms with Gasteiger partial charge in [-0.25, -0.2) is 9.18 Å². The molecule has 0 unspecified atom stereocenters. The molecule has 4 aromatic rings. The Kier molecular flexibility index (Phi) is 4.19. The Balaban J connectivity index is 1.57. The Labute approximate surface area is 148 Å². The molecular formula is C21H14FNO3. The highest BCUT2D eigenvalue weighted by molar-refractivity contribution is 5.92. The summed E-state index contributed by atoms with van der Waals surface area (Å²) in [5.74, 6) is -1.11. The maximum atomic E-state index is 13.7. The summed E-state index contributed by atoms with van der Waals surface area (Å²) >= 11 is 0. The topological polar surface area (TPSA) is 52.3 Å². The third kappa shape index (κ3) is 3.19. The lowest BCUT2D eigenvalue weighted by atomic mass is 10.1. The second kappa shape index (κ2) is 6.80. The van der Waals surface area contributed by atoms with Crippen LogP contribution in [0.4, 0.5) is 4.39 Å². The smallest absolute Gasteiger partial charge is 0.346 e. The number of hydrogen-bond acceptors (Lipinski definition) is 4. The standard InChI is InChI=1S/C21H14FNO3/c22-18-9-5-4-8-16(18)21(24)25-15-10-11-17-19(23-26-20(17)13-15)12-14-6-2-1-3-7-14/h1-11,13H,12H2. The molecular weight excluding hydrogens is 333 g/mol. The summed E-state index contributed by atoms with van der Waals surface area (Å²) in [6.45, 7) is 0. The van der Waals surface area contributed by atoms with Gasteiger partial charge in [0, 0.05) is 17.9 Å². The van der Waals surface area contributed by atoms with E-state index in [2.05, 4.69) is 5.16 Å². The monoisotopic (exact) mass is 347 g/mol. The molecule has 4 rings (SSSR count). The van der Waals surface area contributed by atoms with Gasteiger partial charge in [0.25, 0.3) is 0 Å². The van der Waals surface area contributed by atoms with Crippen molar-refractivity contribution in [3.8, 4) is 5.75 Å². The highest BCUT2D eigenvalue weighted by Gasteiger charge is 2.15. The predicted molar refractivity (Wildman–Crippen MR) is 94.6 cm³/mol. The van der Waals surface area contributed by atoms with Crippen molar-refractivity contribution < 1.29 is 18.4 Å². The number of esters is 1. The Bertz CT molecular complexity index is 1070. The molecule has 0 aliphatic rings. The molecule has 1 heterocycles. The van der Waals surface area contributed by atoms with Crippen molar-refractivity contribution in [1.82, 2.24) is 5.16 Å².